The van der Waals surface area contributed by atoms with E-state index in [-0.39, 0.29) is 17.7 Å². The summed E-state index contributed by atoms with van der Waals surface area (Å²) < 4.78 is 24.3. The highest BCUT2D eigenvalue weighted by Crippen LogP contribution is 2.13. The van der Waals surface area contributed by atoms with Gasteiger partial charge in [-0.15, -0.1) is 0 Å². The summed E-state index contributed by atoms with van der Waals surface area (Å²) in [5, 5.41) is 7.45. The van der Waals surface area contributed by atoms with E-state index in [4.69, 9.17) is 0 Å². The SMILES string of the molecule is CCCn1cc(C(=O)NC2CCN(CCS(C)(=O)=O)CC2)c(C)n1. The molecule has 136 valence electrons. The molecule has 8 heteroatoms. The Labute approximate surface area is 144 Å². The molecule has 24 heavy (non-hydrogen) atoms. The van der Waals surface area contributed by atoms with Gasteiger partial charge in [0, 0.05) is 44.7 Å². The number of amides is 1. The summed E-state index contributed by atoms with van der Waals surface area (Å²) in [6.45, 7) is 6.95. The number of hydrogen-bond donors (Lipinski definition) is 1. The van der Waals surface area contributed by atoms with Crippen LogP contribution in [0.4, 0.5) is 0 Å². The maximum absolute atomic E-state index is 12.4. The molecular weight excluding hydrogens is 328 g/mol. The number of piperidine rings is 1. The van der Waals surface area contributed by atoms with Gasteiger partial charge in [0.15, 0.2) is 0 Å². The lowest BCUT2D eigenvalue weighted by Gasteiger charge is -2.32. The van der Waals surface area contributed by atoms with Crippen LogP contribution >= 0.6 is 0 Å². The molecule has 0 aromatic carbocycles. The minimum atomic E-state index is -2.92. The number of nitrogens with zero attached hydrogens (tertiary/aromatic N) is 3. The molecule has 2 rings (SSSR count). The van der Waals surface area contributed by atoms with E-state index in [2.05, 4.69) is 22.2 Å². The first-order valence-corrected chi connectivity index (χ1v) is 10.6. The number of rotatable bonds is 7. The summed E-state index contributed by atoms with van der Waals surface area (Å²) in [7, 11) is -2.92. The van der Waals surface area contributed by atoms with Crippen molar-refractivity contribution in [2.45, 2.75) is 45.7 Å². The van der Waals surface area contributed by atoms with Gasteiger partial charge in [-0.1, -0.05) is 6.92 Å². The molecule has 0 atom stereocenters. The molecule has 0 bridgehead atoms. The van der Waals surface area contributed by atoms with Crippen molar-refractivity contribution in [3.8, 4) is 0 Å². The third kappa shape index (κ3) is 5.59. The largest absolute Gasteiger partial charge is 0.349 e. The molecule has 0 aliphatic carbocycles. The van der Waals surface area contributed by atoms with Crippen molar-refractivity contribution in [1.29, 1.82) is 0 Å². The van der Waals surface area contributed by atoms with Crippen LogP contribution in [0.3, 0.4) is 0 Å². The molecule has 1 aliphatic rings. The van der Waals surface area contributed by atoms with Gasteiger partial charge in [0.05, 0.1) is 17.0 Å². The van der Waals surface area contributed by atoms with Crippen LogP contribution in [-0.4, -0.2) is 66.7 Å². The van der Waals surface area contributed by atoms with Gasteiger partial charge >= 0.3 is 0 Å². The van der Waals surface area contributed by atoms with E-state index in [1.54, 1.807) is 0 Å². The van der Waals surface area contributed by atoms with Crippen molar-refractivity contribution in [3.05, 3.63) is 17.5 Å². The van der Waals surface area contributed by atoms with E-state index in [0.29, 0.717) is 12.1 Å². The van der Waals surface area contributed by atoms with Crippen LogP contribution in [0.2, 0.25) is 0 Å². The van der Waals surface area contributed by atoms with Gasteiger partial charge in [-0.05, 0) is 26.2 Å². The Morgan fingerprint density at radius 3 is 2.58 bits per heavy atom. The minimum Gasteiger partial charge on any atom is -0.349 e. The van der Waals surface area contributed by atoms with Crippen LogP contribution in [0.1, 0.15) is 42.2 Å². The number of carbonyl (C=O) groups excluding carboxylic acids is 1. The number of hydrogen-bond acceptors (Lipinski definition) is 5. The Balaban J connectivity index is 1.82. The third-order valence-electron chi connectivity index (χ3n) is 4.34. The van der Waals surface area contributed by atoms with Crippen molar-refractivity contribution in [2.75, 3.05) is 31.6 Å². The predicted octanol–water partition coefficient (Wildman–Crippen LogP) is 0.840. The number of likely N-dealkylation sites (tertiary alicyclic amines) is 1. The zero-order valence-corrected chi connectivity index (χ0v) is 15.6. The second-order valence-electron chi connectivity index (χ2n) is 6.61. The summed E-state index contributed by atoms with van der Waals surface area (Å²) in [6, 6.07) is 0.140. The normalized spacial score (nSPS) is 17.1. The molecule has 1 N–H and O–H groups in total. The van der Waals surface area contributed by atoms with Crippen LogP contribution in [0, 0.1) is 6.92 Å². The van der Waals surface area contributed by atoms with E-state index in [1.165, 1.54) is 6.26 Å². The zero-order valence-electron chi connectivity index (χ0n) is 14.8. The number of carbonyl (C=O) groups is 1. The molecule has 0 spiro atoms. The molecule has 0 saturated carbocycles. The van der Waals surface area contributed by atoms with Crippen molar-refractivity contribution in [3.63, 3.8) is 0 Å². The fourth-order valence-corrected chi connectivity index (χ4v) is 3.53. The lowest BCUT2D eigenvalue weighted by atomic mass is 10.0. The molecule has 7 nitrogen and oxygen atoms in total. The smallest absolute Gasteiger partial charge is 0.254 e. The molecule has 0 unspecified atom stereocenters. The van der Waals surface area contributed by atoms with Crippen molar-refractivity contribution in [2.24, 2.45) is 0 Å². The molecule has 1 fully saturated rings. The van der Waals surface area contributed by atoms with Crippen LogP contribution in [0.15, 0.2) is 6.20 Å². The van der Waals surface area contributed by atoms with E-state index < -0.39 is 9.84 Å². The first-order chi connectivity index (χ1) is 11.3. The van der Waals surface area contributed by atoms with Gasteiger partial charge in [0.2, 0.25) is 0 Å². The summed E-state index contributed by atoms with van der Waals surface area (Å²) >= 11 is 0. The molecule has 1 aromatic rings. The van der Waals surface area contributed by atoms with Crippen molar-refractivity contribution >= 4 is 15.7 Å². The van der Waals surface area contributed by atoms with Crippen LogP contribution < -0.4 is 5.32 Å². The lowest BCUT2D eigenvalue weighted by Crippen LogP contribution is -2.45. The Kier molecular flexibility index (Phi) is 6.40. The van der Waals surface area contributed by atoms with Gasteiger partial charge < -0.3 is 10.2 Å². The maximum Gasteiger partial charge on any atom is 0.254 e. The second-order valence-corrected chi connectivity index (χ2v) is 8.87. The lowest BCUT2D eigenvalue weighted by molar-refractivity contribution is 0.0912. The molecule has 1 aliphatic heterocycles. The highest BCUT2D eigenvalue weighted by atomic mass is 32.2. The number of aromatic nitrogens is 2. The van der Waals surface area contributed by atoms with E-state index in [0.717, 1.165) is 44.6 Å². The number of sulfone groups is 1. The maximum atomic E-state index is 12.4. The summed E-state index contributed by atoms with van der Waals surface area (Å²) in [4.78, 5) is 14.6. The highest BCUT2D eigenvalue weighted by molar-refractivity contribution is 7.90. The van der Waals surface area contributed by atoms with Gasteiger partial charge in [-0.25, -0.2) is 8.42 Å². The Morgan fingerprint density at radius 2 is 2.00 bits per heavy atom. The van der Waals surface area contributed by atoms with Gasteiger partial charge in [-0.3, -0.25) is 9.48 Å². The van der Waals surface area contributed by atoms with Crippen molar-refractivity contribution in [1.82, 2.24) is 20.0 Å². The first kappa shape index (κ1) is 18.9. The molecule has 2 heterocycles. The standard InChI is InChI=1S/C16H28N4O3S/c1-4-7-20-12-15(13(2)18-20)16(21)17-14-5-8-19(9-6-14)10-11-24(3,22)23/h12,14H,4-11H2,1-3H3,(H,17,21). The van der Waals surface area contributed by atoms with Gasteiger partial charge in [0.1, 0.15) is 9.84 Å². The quantitative estimate of drug-likeness (QED) is 0.783. The van der Waals surface area contributed by atoms with Gasteiger partial charge in [0.25, 0.3) is 5.91 Å². The summed E-state index contributed by atoms with van der Waals surface area (Å²) in [6.07, 6.45) is 5.75. The second kappa shape index (κ2) is 8.11. The minimum absolute atomic E-state index is 0.0653. The third-order valence-corrected chi connectivity index (χ3v) is 5.27. The first-order valence-electron chi connectivity index (χ1n) is 8.53. The molecule has 1 amide bonds. The monoisotopic (exact) mass is 356 g/mol. The fraction of sp³-hybridized carbons (Fsp3) is 0.750. The summed E-state index contributed by atoms with van der Waals surface area (Å²) in [5.41, 5.74) is 1.40. The highest BCUT2D eigenvalue weighted by Gasteiger charge is 2.23. The van der Waals surface area contributed by atoms with Crippen molar-refractivity contribution < 1.29 is 13.2 Å². The Morgan fingerprint density at radius 1 is 1.33 bits per heavy atom. The number of aryl methyl sites for hydroxylation is 2. The fourth-order valence-electron chi connectivity index (χ4n) is 2.94. The zero-order chi connectivity index (χ0) is 17.7. The Hall–Kier alpha value is -1.41. The summed E-state index contributed by atoms with van der Waals surface area (Å²) in [5.74, 6) is 0.129. The molecular formula is C16H28N4O3S. The predicted molar refractivity (Wildman–Crippen MR) is 93.9 cm³/mol. The molecule has 1 aromatic heterocycles. The molecule has 1 saturated heterocycles. The van der Waals surface area contributed by atoms with E-state index in [1.807, 2.05) is 17.8 Å². The van der Waals surface area contributed by atoms with Crippen LogP contribution in [0.5, 0.6) is 0 Å². The number of nitrogens with one attached hydrogen (secondary N) is 1. The topological polar surface area (TPSA) is 84.3 Å². The average Bonchev–Trinajstić information content (AvgIpc) is 2.87. The Bertz CT molecular complexity index is 661. The van der Waals surface area contributed by atoms with Crippen LogP contribution in [-0.2, 0) is 16.4 Å². The average molecular weight is 356 g/mol. The van der Waals surface area contributed by atoms with E-state index in [9.17, 15) is 13.2 Å². The van der Waals surface area contributed by atoms with Crippen LogP contribution in [0.25, 0.3) is 0 Å². The van der Waals surface area contributed by atoms with Gasteiger partial charge in [-0.2, -0.15) is 5.10 Å². The van der Waals surface area contributed by atoms with E-state index >= 15 is 0 Å². The molecule has 0 radical (unpaired) electrons.